The Bertz CT molecular complexity index is 745. The molecule has 2 heterocycles. The van der Waals surface area contributed by atoms with E-state index < -0.39 is 4.92 Å². The third-order valence-corrected chi connectivity index (χ3v) is 5.14. The molecule has 2 aliphatic rings. The first-order chi connectivity index (χ1) is 11.2. The topological polar surface area (TPSA) is 119 Å². The van der Waals surface area contributed by atoms with Crippen LogP contribution in [0, 0.1) is 10.1 Å². The molecule has 0 unspecified atom stereocenters. The summed E-state index contributed by atoms with van der Waals surface area (Å²) in [5, 5.41) is 26.8. The summed E-state index contributed by atoms with van der Waals surface area (Å²) in [4.78, 5) is 18.9. The third kappa shape index (κ3) is 3.67. The minimum absolute atomic E-state index is 0.102. The van der Waals surface area contributed by atoms with E-state index in [1.165, 1.54) is 42.1 Å². The van der Waals surface area contributed by atoms with Crippen molar-refractivity contribution < 1.29 is 4.92 Å². The van der Waals surface area contributed by atoms with Gasteiger partial charge in [-0.2, -0.15) is 4.98 Å². The molecule has 2 N–H and O–H groups in total. The number of nitrogens with one attached hydrogen (secondary N) is 2. The van der Waals surface area contributed by atoms with Gasteiger partial charge < -0.3 is 10.6 Å². The molecule has 2 fully saturated rings. The first-order valence-corrected chi connectivity index (χ1v) is 8.86. The molecule has 2 aliphatic carbocycles. The zero-order chi connectivity index (χ0) is 15.8. The predicted octanol–water partition coefficient (Wildman–Crippen LogP) is 2.54. The van der Waals surface area contributed by atoms with Crippen LogP contribution in [0.3, 0.4) is 0 Å². The van der Waals surface area contributed by atoms with Gasteiger partial charge in [0.1, 0.15) is 6.20 Å². The first kappa shape index (κ1) is 14.6. The normalized spacial score (nSPS) is 17.0. The monoisotopic (exact) mass is 351 g/mol. The van der Waals surface area contributed by atoms with Crippen LogP contribution < -0.4 is 10.6 Å². The lowest BCUT2D eigenvalue weighted by Gasteiger charge is -2.05. The van der Waals surface area contributed by atoms with Crippen LogP contribution in [0.2, 0.25) is 0 Å². The van der Waals surface area contributed by atoms with Gasteiger partial charge >= 0.3 is 5.69 Å². The lowest BCUT2D eigenvalue weighted by molar-refractivity contribution is -0.384. The lowest BCUT2D eigenvalue weighted by atomic mass is 10.4. The summed E-state index contributed by atoms with van der Waals surface area (Å²) < 4.78 is 0.708. The number of hydrogen-bond donors (Lipinski definition) is 2. The molecule has 0 radical (unpaired) electrons. The highest BCUT2D eigenvalue weighted by atomic mass is 32.2. The van der Waals surface area contributed by atoms with E-state index in [-0.39, 0.29) is 17.5 Å². The Kier molecular flexibility index (Phi) is 3.73. The minimum Gasteiger partial charge on any atom is -0.361 e. The fourth-order valence-electron chi connectivity index (χ4n) is 1.86. The second-order valence-corrected chi connectivity index (χ2v) is 7.65. The fourth-order valence-corrected chi connectivity index (χ4v) is 3.52. The van der Waals surface area contributed by atoms with Crippen molar-refractivity contribution in [1.29, 1.82) is 0 Å². The summed E-state index contributed by atoms with van der Waals surface area (Å²) in [6.07, 6.45) is 5.60. The van der Waals surface area contributed by atoms with Gasteiger partial charge in [0, 0.05) is 12.1 Å². The number of rotatable bonds is 7. The maximum absolute atomic E-state index is 11.1. The summed E-state index contributed by atoms with van der Waals surface area (Å²) in [5.74, 6) is 0.274. The molecule has 2 aromatic rings. The van der Waals surface area contributed by atoms with Crippen molar-refractivity contribution in [3.8, 4) is 0 Å². The van der Waals surface area contributed by atoms with Crippen molar-refractivity contribution >= 4 is 39.7 Å². The van der Waals surface area contributed by atoms with E-state index in [4.69, 9.17) is 0 Å². The van der Waals surface area contributed by atoms with E-state index in [1.807, 2.05) is 0 Å². The smallest absolute Gasteiger partial charge is 0.329 e. The average Bonchev–Trinajstić information content (AvgIpc) is 3.42. The minimum atomic E-state index is -0.470. The number of nitro groups is 1. The summed E-state index contributed by atoms with van der Waals surface area (Å²) in [6.45, 7) is 0. The van der Waals surface area contributed by atoms with E-state index in [9.17, 15) is 10.1 Å². The molecule has 0 atom stereocenters. The zero-order valence-corrected chi connectivity index (χ0v) is 13.6. The fraction of sp³-hybridized carbons (Fsp3) is 0.500. The number of nitrogens with zero attached hydrogens (tertiary/aromatic N) is 5. The van der Waals surface area contributed by atoms with Crippen LogP contribution in [0.25, 0.3) is 0 Å². The van der Waals surface area contributed by atoms with Crippen LogP contribution in [0.1, 0.15) is 25.7 Å². The highest BCUT2D eigenvalue weighted by molar-refractivity contribution is 8.00. The molecule has 0 aliphatic heterocycles. The van der Waals surface area contributed by atoms with Crippen LogP contribution in [0.4, 0.5) is 16.6 Å². The van der Waals surface area contributed by atoms with Crippen molar-refractivity contribution in [3.63, 3.8) is 0 Å². The molecule has 120 valence electrons. The predicted molar refractivity (Wildman–Crippen MR) is 86.0 cm³/mol. The molecule has 4 rings (SSSR count). The highest BCUT2D eigenvalue weighted by Crippen LogP contribution is 2.35. The Labute approximate surface area is 139 Å². The van der Waals surface area contributed by atoms with Crippen molar-refractivity contribution in [2.75, 3.05) is 10.6 Å². The van der Waals surface area contributed by atoms with Gasteiger partial charge in [0.2, 0.25) is 10.9 Å². The molecular weight excluding hydrogens is 338 g/mol. The molecular formula is C12H13N7O2S2. The molecule has 0 aromatic carbocycles. The molecule has 11 heteroatoms. The second kappa shape index (κ2) is 5.89. The quantitative estimate of drug-likeness (QED) is 0.440. The molecule has 2 saturated carbocycles. The van der Waals surface area contributed by atoms with Gasteiger partial charge in [0.25, 0.3) is 0 Å². The summed E-state index contributed by atoms with van der Waals surface area (Å²) in [6, 6.07) is 0.795. The lowest BCUT2D eigenvalue weighted by Crippen LogP contribution is -2.07. The van der Waals surface area contributed by atoms with Gasteiger partial charge in [-0.05, 0) is 37.4 Å². The maximum atomic E-state index is 11.1. The summed E-state index contributed by atoms with van der Waals surface area (Å²) in [5.41, 5.74) is -0.102. The first-order valence-electron chi connectivity index (χ1n) is 7.23. The van der Waals surface area contributed by atoms with E-state index in [2.05, 4.69) is 30.8 Å². The van der Waals surface area contributed by atoms with Crippen LogP contribution in [0.5, 0.6) is 0 Å². The van der Waals surface area contributed by atoms with Crippen molar-refractivity contribution in [3.05, 3.63) is 16.3 Å². The largest absolute Gasteiger partial charge is 0.361 e. The van der Waals surface area contributed by atoms with Gasteiger partial charge in [0.05, 0.1) is 4.92 Å². The molecule has 9 nitrogen and oxygen atoms in total. The van der Waals surface area contributed by atoms with Crippen LogP contribution in [-0.4, -0.2) is 37.2 Å². The van der Waals surface area contributed by atoms with Gasteiger partial charge in [-0.1, -0.05) is 11.3 Å². The Hall–Kier alpha value is -2.01. The van der Waals surface area contributed by atoms with Crippen molar-refractivity contribution in [1.82, 2.24) is 20.2 Å². The standard InChI is InChI=1S/C12H13N7O2S2/c20-19(21)8-5-13-10(16-9(8)14-6-1-2-6)22-12-18-17-11(23-12)15-7-3-4-7/h5-7H,1-4H2,(H,15,17)(H,13,14,16). The number of hydrogen-bond acceptors (Lipinski definition) is 10. The summed E-state index contributed by atoms with van der Waals surface area (Å²) >= 11 is 2.69. The SMILES string of the molecule is O=[N+]([O-])c1cnc(Sc2nnc(NC3CC3)s2)nc1NC1CC1. The molecule has 23 heavy (non-hydrogen) atoms. The van der Waals surface area contributed by atoms with Crippen LogP contribution in [-0.2, 0) is 0 Å². The van der Waals surface area contributed by atoms with Crippen LogP contribution in [0.15, 0.2) is 15.7 Å². The summed E-state index contributed by atoms with van der Waals surface area (Å²) in [7, 11) is 0. The Morgan fingerprint density at radius 2 is 1.96 bits per heavy atom. The zero-order valence-electron chi connectivity index (χ0n) is 11.9. The molecule has 0 bridgehead atoms. The van der Waals surface area contributed by atoms with E-state index in [0.717, 1.165) is 18.0 Å². The molecule has 0 saturated heterocycles. The molecule has 0 amide bonds. The van der Waals surface area contributed by atoms with E-state index in [0.29, 0.717) is 15.5 Å². The average molecular weight is 351 g/mol. The third-order valence-electron chi connectivity index (χ3n) is 3.35. The van der Waals surface area contributed by atoms with Crippen molar-refractivity contribution in [2.45, 2.75) is 47.3 Å². The Morgan fingerprint density at radius 3 is 2.65 bits per heavy atom. The van der Waals surface area contributed by atoms with Crippen LogP contribution >= 0.6 is 23.1 Å². The Balaban J connectivity index is 1.50. The van der Waals surface area contributed by atoms with E-state index >= 15 is 0 Å². The van der Waals surface area contributed by atoms with Gasteiger partial charge in [0.15, 0.2) is 9.50 Å². The Morgan fingerprint density at radius 1 is 1.22 bits per heavy atom. The van der Waals surface area contributed by atoms with Gasteiger partial charge in [-0.25, -0.2) is 4.98 Å². The highest BCUT2D eigenvalue weighted by Gasteiger charge is 2.27. The number of anilines is 2. The van der Waals surface area contributed by atoms with E-state index in [1.54, 1.807) is 0 Å². The van der Waals surface area contributed by atoms with Gasteiger partial charge in [-0.15, -0.1) is 10.2 Å². The second-order valence-electron chi connectivity index (χ2n) is 5.46. The molecule has 2 aromatic heterocycles. The van der Waals surface area contributed by atoms with Gasteiger partial charge in [-0.3, -0.25) is 10.1 Å². The van der Waals surface area contributed by atoms with Crippen molar-refractivity contribution in [2.24, 2.45) is 0 Å². The number of aromatic nitrogens is 4. The molecule has 0 spiro atoms. The maximum Gasteiger partial charge on any atom is 0.329 e.